The first-order valence-electron chi connectivity index (χ1n) is 22.7. The Balaban J connectivity index is 1.10. The van der Waals surface area contributed by atoms with E-state index < -0.39 is 5.41 Å². The van der Waals surface area contributed by atoms with Crippen molar-refractivity contribution in [2.24, 2.45) is 0 Å². The number of hydrogen-bond acceptors (Lipinski definition) is 4. The maximum atomic E-state index is 15.0. The van der Waals surface area contributed by atoms with Crippen LogP contribution in [0, 0.1) is 5.82 Å². The number of anilines is 8. The quantitative estimate of drug-likeness (QED) is 0.158. The second kappa shape index (κ2) is 15.3. The minimum absolute atomic E-state index is 0.230. The fourth-order valence-corrected chi connectivity index (χ4v) is 12.2. The summed E-state index contributed by atoms with van der Waals surface area (Å²) in [5, 5.41) is 2.13. The second-order valence-electron chi connectivity index (χ2n) is 17.2. The van der Waals surface area contributed by atoms with Crippen molar-refractivity contribution in [2.45, 2.75) is 18.3 Å². The highest BCUT2D eigenvalue weighted by atomic mass is 32.1. The molecule has 2 heterocycles. The number of rotatable bonds is 7. The largest absolute Gasteiger partial charge is 0.310 e. The molecule has 0 saturated heterocycles. The van der Waals surface area contributed by atoms with Crippen LogP contribution in [0.1, 0.15) is 35.1 Å². The van der Waals surface area contributed by atoms with Crippen molar-refractivity contribution in [3.8, 4) is 11.1 Å². The van der Waals surface area contributed by atoms with Crippen LogP contribution in [0.25, 0.3) is 31.3 Å². The van der Waals surface area contributed by atoms with Gasteiger partial charge in [0.15, 0.2) is 0 Å². The third kappa shape index (κ3) is 5.73. The third-order valence-corrected chi connectivity index (χ3v) is 14.8. The molecule has 0 saturated carbocycles. The van der Waals surface area contributed by atoms with Gasteiger partial charge in [-0.15, -0.1) is 11.3 Å². The second-order valence-corrected chi connectivity index (χ2v) is 18.3. The van der Waals surface area contributed by atoms with Gasteiger partial charge in [0.05, 0.1) is 28.2 Å². The summed E-state index contributed by atoms with van der Waals surface area (Å²) in [5.41, 5.74) is 16.7. The van der Waals surface area contributed by atoms with Crippen molar-refractivity contribution >= 4 is 77.0 Å². The Morgan fingerprint density at radius 3 is 1.80 bits per heavy atom. The summed E-state index contributed by atoms with van der Waals surface area (Å²) in [6, 6.07) is 76.0. The van der Waals surface area contributed by atoms with Crippen LogP contribution in [0.3, 0.4) is 0 Å². The van der Waals surface area contributed by atoms with E-state index in [-0.39, 0.29) is 5.82 Å². The molecule has 314 valence electrons. The van der Waals surface area contributed by atoms with E-state index in [1.165, 1.54) is 44.8 Å². The van der Waals surface area contributed by atoms with Gasteiger partial charge in [-0.3, -0.25) is 0 Å². The van der Waals surface area contributed by atoms with E-state index in [2.05, 4.69) is 227 Å². The number of para-hydroxylation sites is 5. The van der Waals surface area contributed by atoms with Crippen LogP contribution < -0.4 is 14.7 Å². The standard InChI is InChI=1S/C61H42FN3S/c62-41-33-35-48-58(39-41)66-57-38-37-56(60(59(48)57)64(43-21-7-2-8-22-43)44-23-9-3-10-24-44)63(42-19-5-1-6-20-42)46-34-36-51-49(40-46)47-27-13-14-28-50(47)61(51)52-29-15-17-31-54(52)65(45-25-11-4-12-26-45)55-32-18-16-30-53(55)61/h1-2,4-9,11-40H,3,10H2. The first kappa shape index (κ1) is 38.5. The lowest BCUT2D eigenvalue weighted by Gasteiger charge is -2.45. The van der Waals surface area contributed by atoms with Crippen molar-refractivity contribution < 1.29 is 4.39 Å². The summed E-state index contributed by atoms with van der Waals surface area (Å²) < 4.78 is 17.0. The molecule has 1 aromatic heterocycles. The lowest BCUT2D eigenvalue weighted by Crippen LogP contribution is -2.36. The van der Waals surface area contributed by atoms with E-state index in [9.17, 15) is 0 Å². The molecule has 9 aromatic carbocycles. The fourth-order valence-electron chi connectivity index (χ4n) is 11.1. The topological polar surface area (TPSA) is 9.72 Å². The Hall–Kier alpha value is -7.99. The number of allylic oxidation sites excluding steroid dienone is 3. The lowest BCUT2D eigenvalue weighted by atomic mass is 9.64. The first-order chi connectivity index (χ1) is 32.7. The zero-order valence-corrected chi connectivity index (χ0v) is 36.8. The molecule has 2 aliphatic carbocycles. The molecule has 0 N–H and O–H groups in total. The van der Waals surface area contributed by atoms with Gasteiger partial charge >= 0.3 is 0 Å². The summed E-state index contributed by atoms with van der Waals surface area (Å²) in [6.07, 6.45) is 8.82. The predicted octanol–water partition coefficient (Wildman–Crippen LogP) is 17.2. The Morgan fingerprint density at radius 1 is 0.485 bits per heavy atom. The lowest BCUT2D eigenvalue weighted by molar-refractivity contribution is 0.630. The average molecular weight is 868 g/mol. The first-order valence-corrected chi connectivity index (χ1v) is 23.5. The van der Waals surface area contributed by atoms with E-state index in [4.69, 9.17) is 0 Å². The van der Waals surface area contributed by atoms with E-state index in [0.29, 0.717) is 0 Å². The third-order valence-electron chi connectivity index (χ3n) is 13.7. The molecule has 0 bridgehead atoms. The summed E-state index contributed by atoms with van der Waals surface area (Å²) in [6.45, 7) is 0. The number of nitrogens with zero attached hydrogens (tertiary/aromatic N) is 3. The molecule has 0 amide bonds. The molecular formula is C61H42FN3S. The van der Waals surface area contributed by atoms with Gasteiger partial charge in [0.2, 0.25) is 0 Å². The van der Waals surface area contributed by atoms with Gasteiger partial charge < -0.3 is 14.7 Å². The van der Waals surface area contributed by atoms with E-state index in [1.54, 1.807) is 23.5 Å². The molecule has 66 heavy (non-hydrogen) atoms. The molecule has 13 rings (SSSR count). The number of halogens is 1. The Bertz CT molecular complexity index is 3530. The number of hydrogen-bond donors (Lipinski definition) is 0. The number of thiophene rings is 1. The Labute approximate surface area is 387 Å². The van der Waals surface area contributed by atoms with Gasteiger partial charge in [0, 0.05) is 48.6 Å². The minimum atomic E-state index is -0.570. The van der Waals surface area contributed by atoms with Crippen LogP contribution in [0.5, 0.6) is 0 Å². The molecule has 3 nitrogen and oxygen atoms in total. The highest BCUT2D eigenvalue weighted by Crippen LogP contribution is 2.64. The minimum Gasteiger partial charge on any atom is -0.310 e. The Kier molecular flexibility index (Phi) is 8.94. The molecule has 5 heteroatoms. The normalized spacial score (nSPS) is 14.1. The van der Waals surface area contributed by atoms with Crippen LogP contribution in [-0.2, 0) is 5.41 Å². The number of fused-ring (bicyclic) bond motifs is 12. The molecule has 0 fully saturated rings. The predicted molar refractivity (Wildman–Crippen MR) is 275 cm³/mol. The molecule has 1 spiro atoms. The van der Waals surface area contributed by atoms with Gasteiger partial charge in [-0.2, -0.15) is 0 Å². The fraction of sp³-hybridized carbons (Fsp3) is 0.0492. The summed E-state index contributed by atoms with van der Waals surface area (Å²) in [4.78, 5) is 7.28. The maximum absolute atomic E-state index is 15.0. The molecule has 10 aromatic rings. The van der Waals surface area contributed by atoms with Crippen LogP contribution in [0.4, 0.5) is 49.9 Å². The van der Waals surface area contributed by atoms with Gasteiger partial charge in [-0.25, -0.2) is 4.39 Å². The van der Waals surface area contributed by atoms with Crippen molar-refractivity contribution in [1.82, 2.24) is 0 Å². The van der Waals surface area contributed by atoms with Crippen molar-refractivity contribution in [2.75, 3.05) is 14.7 Å². The SMILES string of the molecule is Fc1ccc2c(c1)sc1ccc(N(c3ccccc3)c3ccc4c(c3)-c3ccccc3C43c4ccccc4N(c4ccccc4)c4ccccc43)c(N(C3=CCCC=C3)c3ccccc3)c12. The highest BCUT2D eigenvalue weighted by molar-refractivity contribution is 7.26. The van der Waals surface area contributed by atoms with E-state index in [1.807, 2.05) is 6.07 Å². The summed E-state index contributed by atoms with van der Waals surface area (Å²) in [5.74, 6) is -0.230. The van der Waals surface area contributed by atoms with Crippen LogP contribution in [-0.4, -0.2) is 0 Å². The van der Waals surface area contributed by atoms with Crippen LogP contribution >= 0.6 is 11.3 Å². The molecular weight excluding hydrogens is 826 g/mol. The van der Waals surface area contributed by atoms with Gasteiger partial charge in [0.25, 0.3) is 0 Å². The average Bonchev–Trinajstić information content (AvgIpc) is 3.89. The molecule has 0 unspecified atom stereocenters. The zero-order chi connectivity index (χ0) is 43.8. The van der Waals surface area contributed by atoms with Crippen LogP contribution in [0.2, 0.25) is 0 Å². The molecule has 1 aliphatic heterocycles. The Morgan fingerprint density at radius 2 is 1.11 bits per heavy atom. The van der Waals surface area contributed by atoms with Gasteiger partial charge in [0.1, 0.15) is 5.82 Å². The van der Waals surface area contributed by atoms with Crippen molar-refractivity contribution in [3.05, 3.63) is 264 Å². The van der Waals surface area contributed by atoms with Crippen molar-refractivity contribution in [3.63, 3.8) is 0 Å². The smallest absolute Gasteiger partial charge is 0.124 e. The van der Waals surface area contributed by atoms with E-state index in [0.717, 1.165) is 72.8 Å². The monoisotopic (exact) mass is 867 g/mol. The molecule has 0 radical (unpaired) electrons. The van der Waals surface area contributed by atoms with Gasteiger partial charge in [-0.05, 0) is 143 Å². The summed E-state index contributed by atoms with van der Waals surface area (Å²) in [7, 11) is 0. The zero-order valence-electron chi connectivity index (χ0n) is 36.0. The van der Waals surface area contributed by atoms with Crippen molar-refractivity contribution in [1.29, 1.82) is 0 Å². The molecule has 3 aliphatic rings. The van der Waals surface area contributed by atoms with Gasteiger partial charge in [-0.1, -0.05) is 133 Å². The maximum Gasteiger partial charge on any atom is 0.124 e. The van der Waals surface area contributed by atoms with E-state index >= 15 is 4.39 Å². The highest BCUT2D eigenvalue weighted by Gasteiger charge is 2.51. The van der Waals surface area contributed by atoms with Crippen LogP contribution in [0.15, 0.2) is 236 Å². The summed E-state index contributed by atoms with van der Waals surface area (Å²) >= 11 is 1.64. The number of benzene rings is 9. The molecule has 0 atom stereocenters.